The van der Waals surface area contributed by atoms with E-state index in [0.717, 1.165) is 6.92 Å². The van der Waals surface area contributed by atoms with Gasteiger partial charge in [-0.25, -0.2) is 0 Å². The molecule has 0 aliphatic rings. The van der Waals surface area contributed by atoms with Crippen LogP contribution >= 0.6 is 0 Å². The van der Waals surface area contributed by atoms with Crippen LogP contribution in [0.25, 0.3) is 0 Å². The standard InChI is InChI=1S/C2H5NO2.C2H4O2.Pd/c3-1-2(4)5;1-2(3)4;/h1,3H2,(H,4,5);1H3,(H,3,4);. The molecular weight excluding hydrogens is 232 g/mol. The molecule has 0 rings (SSSR count). The van der Waals surface area contributed by atoms with Gasteiger partial charge in [0.05, 0.1) is 6.54 Å². The van der Waals surface area contributed by atoms with E-state index >= 15 is 0 Å². The van der Waals surface area contributed by atoms with Gasteiger partial charge in [-0.05, 0) is 0 Å². The van der Waals surface area contributed by atoms with Crippen LogP contribution in [0.2, 0.25) is 0 Å². The number of rotatable bonds is 1. The Balaban J connectivity index is -0.0000000910. The van der Waals surface area contributed by atoms with Crippen LogP contribution in [0, 0.1) is 0 Å². The third-order valence-corrected chi connectivity index (χ3v) is 0.175. The first-order valence-corrected chi connectivity index (χ1v) is 2.12. The number of carboxylic acid groups (broad SMARTS) is 2. The molecule has 0 aliphatic carbocycles. The summed E-state index contributed by atoms with van der Waals surface area (Å²) in [5.41, 5.74) is 4.57. The van der Waals surface area contributed by atoms with E-state index < -0.39 is 11.9 Å². The number of hydrogen-bond acceptors (Lipinski definition) is 3. The molecule has 0 atom stereocenters. The number of carbonyl (C=O) groups is 2. The van der Waals surface area contributed by atoms with Gasteiger partial charge in [0.2, 0.25) is 0 Å². The SMILES string of the molecule is CC(=O)O.NCC(=O)O.[Pd]. The Hall–Kier alpha value is -0.438. The summed E-state index contributed by atoms with van der Waals surface area (Å²) in [6.07, 6.45) is 0. The van der Waals surface area contributed by atoms with E-state index in [2.05, 4.69) is 5.73 Å². The zero-order valence-electron chi connectivity index (χ0n) is 5.31. The molecule has 0 saturated heterocycles. The van der Waals surface area contributed by atoms with Crippen molar-refractivity contribution in [2.24, 2.45) is 5.73 Å². The van der Waals surface area contributed by atoms with Crippen molar-refractivity contribution in [2.45, 2.75) is 6.92 Å². The molecule has 0 spiro atoms. The van der Waals surface area contributed by atoms with Gasteiger partial charge in [0.1, 0.15) is 0 Å². The summed E-state index contributed by atoms with van der Waals surface area (Å²) in [5, 5.41) is 15.0. The Morgan fingerprint density at radius 1 is 1.40 bits per heavy atom. The third-order valence-electron chi connectivity index (χ3n) is 0.175. The molecule has 0 saturated carbocycles. The molecule has 0 unspecified atom stereocenters. The number of aliphatic carboxylic acids is 2. The average molecular weight is 242 g/mol. The van der Waals surface area contributed by atoms with Gasteiger partial charge < -0.3 is 15.9 Å². The van der Waals surface area contributed by atoms with Crippen molar-refractivity contribution in [3.05, 3.63) is 0 Å². The summed E-state index contributed by atoms with van der Waals surface area (Å²) in [6, 6.07) is 0. The minimum Gasteiger partial charge on any atom is -0.481 e. The van der Waals surface area contributed by atoms with E-state index in [9.17, 15) is 4.79 Å². The first-order valence-electron chi connectivity index (χ1n) is 2.12. The van der Waals surface area contributed by atoms with Crippen LogP contribution < -0.4 is 5.73 Å². The summed E-state index contributed by atoms with van der Waals surface area (Å²) < 4.78 is 0. The van der Waals surface area contributed by atoms with Gasteiger partial charge in [0, 0.05) is 27.3 Å². The molecule has 0 fully saturated rings. The van der Waals surface area contributed by atoms with Crippen molar-refractivity contribution in [1.82, 2.24) is 0 Å². The number of nitrogens with two attached hydrogens (primary N) is 1. The van der Waals surface area contributed by atoms with Gasteiger partial charge >= 0.3 is 5.97 Å². The van der Waals surface area contributed by atoms with Crippen molar-refractivity contribution in [3.8, 4) is 0 Å². The summed E-state index contributed by atoms with van der Waals surface area (Å²) in [4.78, 5) is 18.2. The van der Waals surface area contributed by atoms with Crippen molar-refractivity contribution in [1.29, 1.82) is 0 Å². The summed E-state index contributed by atoms with van der Waals surface area (Å²) in [7, 11) is 0. The predicted molar refractivity (Wildman–Crippen MR) is 30.0 cm³/mol. The Kier molecular flexibility index (Phi) is 18.5. The normalized spacial score (nSPS) is 6.20. The van der Waals surface area contributed by atoms with E-state index in [1.54, 1.807) is 0 Å². The van der Waals surface area contributed by atoms with Crippen LogP contribution in [0.15, 0.2) is 0 Å². The molecular formula is C4H9NO4Pd. The third kappa shape index (κ3) is 133. The molecule has 10 heavy (non-hydrogen) atoms. The maximum absolute atomic E-state index is 9.24. The molecule has 0 bridgehead atoms. The van der Waals surface area contributed by atoms with Crippen molar-refractivity contribution in [2.75, 3.05) is 6.54 Å². The van der Waals surface area contributed by atoms with Crippen LogP contribution in [0.1, 0.15) is 6.92 Å². The summed E-state index contributed by atoms with van der Waals surface area (Å²) in [6.45, 7) is 0.806. The Bertz CT molecular complexity index is 101. The minimum atomic E-state index is -0.968. The molecule has 0 aromatic heterocycles. The van der Waals surface area contributed by atoms with Crippen LogP contribution in [0.3, 0.4) is 0 Å². The van der Waals surface area contributed by atoms with Crippen LogP contribution in [-0.4, -0.2) is 28.7 Å². The predicted octanol–water partition coefficient (Wildman–Crippen LogP) is -0.882. The first-order chi connectivity index (χ1) is 4.00. The fourth-order valence-corrected chi connectivity index (χ4v) is 0. The van der Waals surface area contributed by atoms with Crippen LogP contribution in [-0.2, 0) is 30.0 Å². The molecule has 4 N–H and O–H groups in total. The van der Waals surface area contributed by atoms with Crippen molar-refractivity contribution in [3.63, 3.8) is 0 Å². The largest absolute Gasteiger partial charge is 0.481 e. The van der Waals surface area contributed by atoms with Crippen LogP contribution in [0.5, 0.6) is 0 Å². The minimum absolute atomic E-state index is 0. The Morgan fingerprint density at radius 2 is 1.50 bits per heavy atom. The molecule has 0 heterocycles. The van der Waals surface area contributed by atoms with Gasteiger partial charge in [0.25, 0.3) is 5.97 Å². The van der Waals surface area contributed by atoms with Gasteiger partial charge in [-0.1, -0.05) is 0 Å². The number of hydrogen-bond donors (Lipinski definition) is 3. The zero-order chi connectivity index (χ0) is 7.86. The average Bonchev–Trinajstić information content (AvgIpc) is 1.65. The van der Waals surface area contributed by atoms with E-state index in [1.807, 2.05) is 0 Å². The fourth-order valence-electron chi connectivity index (χ4n) is 0. The molecule has 0 aromatic carbocycles. The molecule has 0 aromatic rings. The van der Waals surface area contributed by atoms with E-state index in [4.69, 9.17) is 15.0 Å². The van der Waals surface area contributed by atoms with Crippen LogP contribution in [0.4, 0.5) is 0 Å². The monoisotopic (exact) mass is 241 g/mol. The quantitative estimate of drug-likeness (QED) is 0.518. The maximum Gasteiger partial charge on any atom is 0.317 e. The summed E-state index contributed by atoms with van der Waals surface area (Å²) in [5.74, 6) is -1.80. The van der Waals surface area contributed by atoms with Crippen molar-refractivity contribution >= 4 is 11.9 Å². The molecule has 0 amide bonds. The van der Waals surface area contributed by atoms with Crippen molar-refractivity contribution < 1.29 is 40.2 Å². The topological polar surface area (TPSA) is 101 Å². The maximum atomic E-state index is 9.24. The van der Waals surface area contributed by atoms with E-state index in [0.29, 0.717) is 0 Å². The zero-order valence-corrected chi connectivity index (χ0v) is 6.87. The second-order valence-electron chi connectivity index (χ2n) is 1.12. The Morgan fingerprint density at radius 3 is 1.50 bits per heavy atom. The fraction of sp³-hybridized carbons (Fsp3) is 0.500. The van der Waals surface area contributed by atoms with Gasteiger partial charge in [0.15, 0.2) is 0 Å². The Labute approximate surface area is 71.9 Å². The molecule has 6 heteroatoms. The van der Waals surface area contributed by atoms with Gasteiger partial charge in [-0.3, -0.25) is 9.59 Å². The molecule has 64 valence electrons. The molecule has 0 radical (unpaired) electrons. The second kappa shape index (κ2) is 11.4. The van der Waals surface area contributed by atoms with Gasteiger partial charge in [-0.15, -0.1) is 0 Å². The second-order valence-corrected chi connectivity index (χ2v) is 1.12. The first kappa shape index (κ1) is 16.3. The van der Waals surface area contributed by atoms with E-state index in [-0.39, 0.29) is 27.0 Å². The number of carboxylic acids is 2. The van der Waals surface area contributed by atoms with Gasteiger partial charge in [-0.2, -0.15) is 0 Å². The smallest absolute Gasteiger partial charge is 0.317 e. The summed E-state index contributed by atoms with van der Waals surface area (Å²) >= 11 is 0. The molecule has 5 nitrogen and oxygen atoms in total. The molecule has 0 aliphatic heterocycles. The van der Waals surface area contributed by atoms with E-state index in [1.165, 1.54) is 0 Å².